The van der Waals surface area contributed by atoms with Crippen LogP contribution in [-0.4, -0.2) is 19.7 Å². The van der Waals surface area contributed by atoms with Crippen molar-refractivity contribution < 1.29 is 4.74 Å². The third-order valence-electron chi connectivity index (χ3n) is 2.35. The summed E-state index contributed by atoms with van der Waals surface area (Å²) in [4.78, 5) is 0. The fourth-order valence-electron chi connectivity index (χ4n) is 1.40. The van der Waals surface area contributed by atoms with Crippen molar-refractivity contribution >= 4 is 11.6 Å². The molecule has 1 aromatic carbocycles. The van der Waals surface area contributed by atoms with Crippen molar-refractivity contribution in [3.63, 3.8) is 0 Å². The summed E-state index contributed by atoms with van der Waals surface area (Å²) in [5, 5.41) is 3.98. The zero-order chi connectivity index (χ0) is 12.0. The Morgan fingerprint density at radius 3 is 2.88 bits per heavy atom. The highest BCUT2D eigenvalue weighted by atomic mass is 35.5. The maximum atomic E-state index is 6.04. The summed E-state index contributed by atoms with van der Waals surface area (Å²) in [5.41, 5.74) is 1.17. The number of rotatable bonds is 6. The Labute approximate surface area is 103 Å². The standard InChI is InChI=1S/C13H20ClNO/c1-4-15-8-11(3)9-16-13-7-10(2)5-6-12(13)14/h5-7,11,15H,4,8-9H2,1-3H3. The van der Waals surface area contributed by atoms with E-state index in [-0.39, 0.29) is 0 Å². The van der Waals surface area contributed by atoms with Gasteiger partial charge in [-0.3, -0.25) is 0 Å². The minimum absolute atomic E-state index is 0.483. The molecule has 0 heterocycles. The Bertz CT molecular complexity index is 328. The van der Waals surface area contributed by atoms with E-state index in [1.54, 1.807) is 0 Å². The van der Waals surface area contributed by atoms with Crippen LogP contribution >= 0.6 is 11.6 Å². The summed E-state index contributed by atoms with van der Waals surface area (Å²) in [6.07, 6.45) is 0. The third-order valence-corrected chi connectivity index (χ3v) is 2.67. The van der Waals surface area contributed by atoms with E-state index in [9.17, 15) is 0 Å². The zero-order valence-corrected chi connectivity index (χ0v) is 11.0. The van der Waals surface area contributed by atoms with Crippen LogP contribution < -0.4 is 10.1 Å². The van der Waals surface area contributed by atoms with Gasteiger partial charge in [0.2, 0.25) is 0 Å². The lowest BCUT2D eigenvalue weighted by molar-refractivity contribution is 0.256. The van der Waals surface area contributed by atoms with Crippen molar-refractivity contribution in [2.24, 2.45) is 5.92 Å². The molecule has 0 aliphatic carbocycles. The molecule has 90 valence electrons. The van der Waals surface area contributed by atoms with Gasteiger partial charge in [-0.15, -0.1) is 0 Å². The first-order chi connectivity index (χ1) is 7.63. The normalized spacial score (nSPS) is 12.5. The van der Waals surface area contributed by atoms with Gasteiger partial charge in [-0.2, -0.15) is 0 Å². The number of aryl methyl sites for hydroxylation is 1. The molecule has 0 amide bonds. The molecular formula is C13H20ClNO. The first-order valence-corrected chi connectivity index (χ1v) is 6.11. The molecule has 1 unspecified atom stereocenters. The molecule has 0 fully saturated rings. The van der Waals surface area contributed by atoms with E-state index >= 15 is 0 Å². The van der Waals surface area contributed by atoms with Crippen molar-refractivity contribution in [3.05, 3.63) is 28.8 Å². The van der Waals surface area contributed by atoms with Gasteiger partial charge in [-0.1, -0.05) is 31.5 Å². The summed E-state index contributed by atoms with van der Waals surface area (Å²) in [6, 6.07) is 5.83. The Balaban J connectivity index is 2.44. The lowest BCUT2D eigenvalue weighted by Gasteiger charge is -2.14. The summed E-state index contributed by atoms with van der Waals surface area (Å²) in [7, 11) is 0. The molecule has 2 nitrogen and oxygen atoms in total. The van der Waals surface area contributed by atoms with Crippen LogP contribution in [0.3, 0.4) is 0 Å². The van der Waals surface area contributed by atoms with Crippen LogP contribution in [0.5, 0.6) is 5.75 Å². The van der Waals surface area contributed by atoms with Gasteiger partial charge in [0.1, 0.15) is 5.75 Å². The van der Waals surface area contributed by atoms with Crippen molar-refractivity contribution in [2.75, 3.05) is 19.7 Å². The molecule has 1 atom stereocenters. The highest BCUT2D eigenvalue weighted by Crippen LogP contribution is 2.25. The number of benzene rings is 1. The van der Waals surface area contributed by atoms with Crippen LogP contribution in [0, 0.1) is 12.8 Å². The van der Waals surface area contributed by atoms with E-state index in [1.165, 1.54) is 5.56 Å². The Kier molecular flexibility index (Phi) is 5.64. The van der Waals surface area contributed by atoms with Crippen LogP contribution in [0.25, 0.3) is 0 Å². The summed E-state index contributed by atoms with van der Waals surface area (Å²) >= 11 is 6.04. The second-order valence-corrected chi connectivity index (χ2v) is 4.56. The van der Waals surface area contributed by atoms with E-state index in [4.69, 9.17) is 16.3 Å². The monoisotopic (exact) mass is 241 g/mol. The predicted octanol–water partition coefficient (Wildman–Crippen LogP) is 3.27. The third kappa shape index (κ3) is 4.42. The maximum Gasteiger partial charge on any atom is 0.138 e. The molecule has 1 aromatic rings. The van der Waals surface area contributed by atoms with Crippen LogP contribution in [-0.2, 0) is 0 Å². The Morgan fingerprint density at radius 1 is 1.44 bits per heavy atom. The number of hydrogen-bond donors (Lipinski definition) is 1. The average molecular weight is 242 g/mol. The summed E-state index contributed by atoms with van der Waals surface area (Å²) in [5.74, 6) is 1.27. The fourth-order valence-corrected chi connectivity index (χ4v) is 1.57. The Hall–Kier alpha value is -0.730. The van der Waals surface area contributed by atoms with E-state index in [2.05, 4.69) is 19.2 Å². The number of nitrogens with one attached hydrogen (secondary N) is 1. The number of ether oxygens (including phenoxy) is 1. The van der Waals surface area contributed by atoms with Gasteiger partial charge in [0.25, 0.3) is 0 Å². The minimum atomic E-state index is 0.483. The second kappa shape index (κ2) is 6.77. The van der Waals surface area contributed by atoms with Crippen LogP contribution in [0.2, 0.25) is 5.02 Å². The lowest BCUT2D eigenvalue weighted by Crippen LogP contribution is -2.24. The SMILES string of the molecule is CCNCC(C)COc1cc(C)ccc1Cl. The second-order valence-electron chi connectivity index (χ2n) is 4.16. The zero-order valence-electron chi connectivity index (χ0n) is 10.2. The van der Waals surface area contributed by atoms with Gasteiger partial charge in [-0.05, 0) is 31.2 Å². The summed E-state index contributed by atoms with van der Waals surface area (Å²) in [6.45, 7) is 8.95. The van der Waals surface area contributed by atoms with Crippen molar-refractivity contribution in [3.8, 4) is 5.75 Å². The van der Waals surface area contributed by atoms with Crippen molar-refractivity contribution in [2.45, 2.75) is 20.8 Å². The quantitative estimate of drug-likeness (QED) is 0.826. The average Bonchev–Trinajstić information content (AvgIpc) is 2.27. The van der Waals surface area contributed by atoms with Gasteiger partial charge in [0.15, 0.2) is 0 Å². The largest absolute Gasteiger partial charge is 0.492 e. The molecule has 1 N–H and O–H groups in total. The first-order valence-electron chi connectivity index (χ1n) is 5.73. The summed E-state index contributed by atoms with van der Waals surface area (Å²) < 4.78 is 5.70. The van der Waals surface area contributed by atoms with Gasteiger partial charge in [0, 0.05) is 12.5 Å². The number of halogens is 1. The van der Waals surface area contributed by atoms with Gasteiger partial charge in [-0.25, -0.2) is 0 Å². The van der Waals surface area contributed by atoms with Crippen LogP contribution in [0.4, 0.5) is 0 Å². The molecule has 0 spiro atoms. The van der Waals surface area contributed by atoms with E-state index < -0.39 is 0 Å². The van der Waals surface area contributed by atoms with Gasteiger partial charge < -0.3 is 10.1 Å². The molecule has 0 radical (unpaired) electrons. The van der Waals surface area contributed by atoms with Crippen LogP contribution in [0.1, 0.15) is 19.4 Å². The molecule has 16 heavy (non-hydrogen) atoms. The first kappa shape index (κ1) is 13.3. The fraction of sp³-hybridized carbons (Fsp3) is 0.538. The predicted molar refractivity (Wildman–Crippen MR) is 69.4 cm³/mol. The van der Waals surface area contributed by atoms with Gasteiger partial charge in [0.05, 0.1) is 11.6 Å². The van der Waals surface area contributed by atoms with Crippen molar-refractivity contribution in [1.82, 2.24) is 5.32 Å². The van der Waals surface area contributed by atoms with E-state index in [1.807, 2.05) is 25.1 Å². The molecule has 0 aliphatic rings. The van der Waals surface area contributed by atoms with Gasteiger partial charge >= 0.3 is 0 Å². The topological polar surface area (TPSA) is 21.3 Å². The van der Waals surface area contributed by atoms with E-state index in [0.29, 0.717) is 17.5 Å². The highest BCUT2D eigenvalue weighted by molar-refractivity contribution is 6.32. The minimum Gasteiger partial charge on any atom is -0.492 e. The lowest BCUT2D eigenvalue weighted by atomic mass is 10.2. The molecule has 0 aliphatic heterocycles. The molecule has 0 bridgehead atoms. The molecule has 0 saturated heterocycles. The molecule has 0 saturated carbocycles. The molecular weight excluding hydrogens is 222 g/mol. The number of hydrogen-bond acceptors (Lipinski definition) is 2. The highest BCUT2D eigenvalue weighted by Gasteiger charge is 2.05. The smallest absolute Gasteiger partial charge is 0.138 e. The van der Waals surface area contributed by atoms with Crippen molar-refractivity contribution in [1.29, 1.82) is 0 Å². The maximum absolute atomic E-state index is 6.04. The van der Waals surface area contributed by atoms with Crippen LogP contribution in [0.15, 0.2) is 18.2 Å². The molecule has 3 heteroatoms. The van der Waals surface area contributed by atoms with E-state index in [0.717, 1.165) is 18.8 Å². The Morgan fingerprint density at radius 2 is 2.19 bits per heavy atom. The molecule has 0 aromatic heterocycles. The molecule has 1 rings (SSSR count).